The molecule has 0 saturated carbocycles. The monoisotopic (exact) mass is 226 g/mol. The topological polar surface area (TPSA) is 38.0 Å². The van der Waals surface area contributed by atoms with Gasteiger partial charge in [-0.1, -0.05) is 25.4 Å². The van der Waals surface area contributed by atoms with Crippen molar-refractivity contribution in [1.29, 1.82) is 0 Å². The van der Waals surface area contributed by atoms with Gasteiger partial charge in [0.25, 0.3) is 0 Å². The number of hydrogen-bond acceptors (Lipinski definition) is 2. The Bertz CT molecular complexity index is 283. The van der Waals surface area contributed by atoms with E-state index in [1.54, 1.807) is 0 Å². The summed E-state index contributed by atoms with van der Waals surface area (Å²) in [6.07, 6.45) is 2.03. The molecule has 0 unspecified atom stereocenters. The largest absolute Gasteiger partial charge is 0.378 e. The van der Waals surface area contributed by atoms with Crippen molar-refractivity contribution in [2.24, 2.45) is 5.73 Å². The summed E-state index contributed by atoms with van der Waals surface area (Å²) in [7, 11) is 0. The number of rotatable bonds is 5. The maximum atomic E-state index is 5.83. The van der Waals surface area contributed by atoms with Crippen molar-refractivity contribution in [3.63, 3.8) is 0 Å². The van der Waals surface area contributed by atoms with Gasteiger partial charge in [-0.2, -0.15) is 0 Å². The quantitative estimate of drug-likeness (QED) is 0.809. The molecule has 0 spiro atoms. The van der Waals surface area contributed by atoms with Gasteiger partial charge >= 0.3 is 0 Å². The van der Waals surface area contributed by atoms with E-state index in [1.807, 2.05) is 24.3 Å². The van der Waals surface area contributed by atoms with Crippen LogP contribution < -0.4 is 11.1 Å². The van der Waals surface area contributed by atoms with E-state index >= 15 is 0 Å². The first-order valence-corrected chi connectivity index (χ1v) is 5.77. The van der Waals surface area contributed by atoms with Crippen molar-refractivity contribution in [3.05, 3.63) is 29.3 Å². The zero-order chi connectivity index (χ0) is 11.3. The Morgan fingerprint density at radius 3 is 2.13 bits per heavy atom. The highest BCUT2D eigenvalue weighted by Gasteiger charge is 2.23. The van der Waals surface area contributed by atoms with E-state index in [4.69, 9.17) is 17.3 Å². The Balaban J connectivity index is 2.78. The summed E-state index contributed by atoms with van der Waals surface area (Å²) in [6, 6.07) is 7.74. The minimum atomic E-state index is 0.00777. The van der Waals surface area contributed by atoms with Crippen LogP contribution in [0, 0.1) is 0 Å². The summed E-state index contributed by atoms with van der Waals surface area (Å²) in [4.78, 5) is 0. The molecule has 0 atom stereocenters. The van der Waals surface area contributed by atoms with E-state index in [0.29, 0.717) is 6.54 Å². The number of hydrogen-bond donors (Lipinski definition) is 2. The summed E-state index contributed by atoms with van der Waals surface area (Å²) in [5.74, 6) is 0. The van der Waals surface area contributed by atoms with Crippen LogP contribution in [0.15, 0.2) is 24.3 Å². The fourth-order valence-corrected chi connectivity index (χ4v) is 1.73. The smallest absolute Gasteiger partial charge is 0.0490 e. The number of nitrogens with one attached hydrogen (secondary N) is 1. The van der Waals surface area contributed by atoms with Crippen LogP contribution in [-0.4, -0.2) is 12.1 Å². The number of nitrogens with two attached hydrogens (primary N) is 1. The van der Waals surface area contributed by atoms with Gasteiger partial charge in [-0.05, 0) is 37.1 Å². The standard InChI is InChI=1S/C12H19ClN2/c1-3-12(4-2,9-14)15-11-7-5-10(13)6-8-11/h5-8,15H,3-4,9,14H2,1-2H3. The molecule has 0 aliphatic carbocycles. The lowest BCUT2D eigenvalue weighted by molar-refractivity contribution is 0.445. The molecule has 0 aliphatic heterocycles. The second kappa shape index (κ2) is 5.38. The van der Waals surface area contributed by atoms with Gasteiger partial charge in [-0.3, -0.25) is 0 Å². The van der Waals surface area contributed by atoms with Crippen molar-refractivity contribution in [2.45, 2.75) is 32.2 Å². The molecule has 0 radical (unpaired) electrons. The summed E-state index contributed by atoms with van der Waals surface area (Å²) in [5.41, 5.74) is 6.90. The molecule has 0 fully saturated rings. The van der Waals surface area contributed by atoms with Crippen LogP contribution in [0.1, 0.15) is 26.7 Å². The molecule has 0 amide bonds. The second-order valence-electron chi connectivity index (χ2n) is 3.82. The number of anilines is 1. The van der Waals surface area contributed by atoms with E-state index in [1.165, 1.54) is 0 Å². The minimum absolute atomic E-state index is 0.00777. The van der Waals surface area contributed by atoms with Gasteiger partial charge in [0.1, 0.15) is 0 Å². The molecule has 3 heteroatoms. The predicted molar refractivity (Wildman–Crippen MR) is 67.4 cm³/mol. The first-order valence-electron chi connectivity index (χ1n) is 5.39. The Labute approximate surface area is 96.8 Å². The summed E-state index contributed by atoms with van der Waals surface area (Å²) < 4.78 is 0. The molecule has 15 heavy (non-hydrogen) atoms. The molecule has 2 nitrogen and oxygen atoms in total. The van der Waals surface area contributed by atoms with Crippen LogP contribution in [0.5, 0.6) is 0 Å². The van der Waals surface area contributed by atoms with Crippen LogP contribution in [0.2, 0.25) is 5.02 Å². The average Bonchev–Trinajstić information content (AvgIpc) is 2.29. The van der Waals surface area contributed by atoms with Gasteiger partial charge in [-0.25, -0.2) is 0 Å². The zero-order valence-corrected chi connectivity index (χ0v) is 10.1. The van der Waals surface area contributed by atoms with Gasteiger partial charge in [-0.15, -0.1) is 0 Å². The molecule has 1 aromatic rings. The highest BCUT2D eigenvalue weighted by molar-refractivity contribution is 6.30. The summed E-state index contributed by atoms with van der Waals surface area (Å²) in [6.45, 7) is 4.95. The molecular weight excluding hydrogens is 208 g/mol. The van der Waals surface area contributed by atoms with Gasteiger partial charge in [0.05, 0.1) is 0 Å². The summed E-state index contributed by atoms with van der Waals surface area (Å²) >= 11 is 5.83. The van der Waals surface area contributed by atoms with Crippen LogP contribution in [0.3, 0.4) is 0 Å². The third-order valence-corrected chi connectivity index (χ3v) is 3.25. The van der Waals surface area contributed by atoms with E-state index in [0.717, 1.165) is 23.6 Å². The third-order valence-electron chi connectivity index (χ3n) is 3.00. The van der Waals surface area contributed by atoms with E-state index in [9.17, 15) is 0 Å². The van der Waals surface area contributed by atoms with Crippen molar-refractivity contribution in [1.82, 2.24) is 0 Å². The summed E-state index contributed by atoms with van der Waals surface area (Å²) in [5, 5.41) is 4.24. The van der Waals surface area contributed by atoms with E-state index < -0.39 is 0 Å². The molecule has 0 aromatic heterocycles. The van der Waals surface area contributed by atoms with Gasteiger partial charge in [0.15, 0.2) is 0 Å². The Morgan fingerprint density at radius 2 is 1.73 bits per heavy atom. The van der Waals surface area contributed by atoms with Gasteiger partial charge < -0.3 is 11.1 Å². The average molecular weight is 227 g/mol. The van der Waals surface area contributed by atoms with Crippen molar-refractivity contribution in [3.8, 4) is 0 Å². The Morgan fingerprint density at radius 1 is 1.20 bits per heavy atom. The Hall–Kier alpha value is -0.730. The molecule has 84 valence electrons. The third kappa shape index (κ3) is 3.11. The fourth-order valence-electron chi connectivity index (χ4n) is 1.61. The minimum Gasteiger partial charge on any atom is -0.378 e. The molecule has 0 aliphatic rings. The Kier molecular flexibility index (Phi) is 4.43. The van der Waals surface area contributed by atoms with Crippen LogP contribution in [0.25, 0.3) is 0 Å². The van der Waals surface area contributed by atoms with Crippen LogP contribution in [-0.2, 0) is 0 Å². The van der Waals surface area contributed by atoms with Gasteiger partial charge in [0, 0.05) is 22.8 Å². The fraction of sp³-hybridized carbons (Fsp3) is 0.500. The SMILES string of the molecule is CCC(CC)(CN)Nc1ccc(Cl)cc1. The highest BCUT2D eigenvalue weighted by atomic mass is 35.5. The molecule has 1 aromatic carbocycles. The van der Waals surface area contributed by atoms with E-state index in [2.05, 4.69) is 19.2 Å². The molecule has 0 saturated heterocycles. The number of benzene rings is 1. The maximum absolute atomic E-state index is 5.83. The van der Waals surface area contributed by atoms with Gasteiger partial charge in [0.2, 0.25) is 0 Å². The van der Waals surface area contributed by atoms with Crippen LogP contribution in [0.4, 0.5) is 5.69 Å². The molecule has 3 N–H and O–H groups in total. The molecular formula is C12H19ClN2. The lowest BCUT2D eigenvalue weighted by atomic mass is 9.92. The maximum Gasteiger partial charge on any atom is 0.0490 e. The zero-order valence-electron chi connectivity index (χ0n) is 9.39. The first kappa shape index (κ1) is 12.3. The second-order valence-corrected chi connectivity index (χ2v) is 4.26. The highest BCUT2D eigenvalue weighted by Crippen LogP contribution is 2.22. The van der Waals surface area contributed by atoms with Crippen molar-refractivity contribution >= 4 is 17.3 Å². The van der Waals surface area contributed by atoms with Crippen LogP contribution >= 0.6 is 11.6 Å². The van der Waals surface area contributed by atoms with Crippen molar-refractivity contribution < 1.29 is 0 Å². The number of halogens is 1. The normalized spacial score (nSPS) is 11.5. The predicted octanol–water partition coefficient (Wildman–Crippen LogP) is 3.27. The first-order chi connectivity index (χ1) is 7.15. The van der Waals surface area contributed by atoms with Crippen molar-refractivity contribution in [2.75, 3.05) is 11.9 Å². The van der Waals surface area contributed by atoms with E-state index in [-0.39, 0.29) is 5.54 Å². The lowest BCUT2D eigenvalue weighted by Gasteiger charge is -2.32. The molecule has 1 rings (SSSR count). The molecule has 0 bridgehead atoms. The lowest BCUT2D eigenvalue weighted by Crippen LogP contribution is -2.44. The molecule has 0 heterocycles.